The van der Waals surface area contributed by atoms with Gasteiger partial charge in [0.2, 0.25) is 0 Å². The maximum absolute atomic E-state index is 11.0. The second-order valence-electron chi connectivity index (χ2n) is 4.06. The summed E-state index contributed by atoms with van der Waals surface area (Å²) in [7, 11) is 0. The number of carbonyl (C=O) groups excluding carboxylic acids is 1. The van der Waals surface area contributed by atoms with Crippen LogP contribution in [0.15, 0.2) is 18.2 Å². The predicted octanol–water partition coefficient (Wildman–Crippen LogP) is 3.09. The van der Waals surface area contributed by atoms with E-state index in [0.29, 0.717) is 23.1 Å². The van der Waals surface area contributed by atoms with E-state index in [4.69, 9.17) is 28.9 Å². The third kappa shape index (κ3) is 2.85. The molecule has 0 bridgehead atoms. The number of hydrogen-bond acceptors (Lipinski definition) is 1. The van der Waals surface area contributed by atoms with Crippen molar-refractivity contribution < 1.29 is 4.79 Å². The Hall–Kier alpha value is -0.930. The number of piperidine rings is 1. The molecule has 0 atom stereocenters. The Morgan fingerprint density at radius 1 is 1.18 bits per heavy atom. The number of carbonyl (C=O) groups is 1. The summed E-state index contributed by atoms with van der Waals surface area (Å²) in [6.45, 7) is 1.34. The van der Waals surface area contributed by atoms with Crippen molar-refractivity contribution in [2.24, 2.45) is 5.73 Å². The molecule has 0 aliphatic carbocycles. The molecule has 0 saturated carbocycles. The van der Waals surface area contributed by atoms with Crippen LogP contribution in [0.3, 0.4) is 0 Å². The smallest absolute Gasteiger partial charge is 0.314 e. The first-order chi connectivity index (χ1) is 8.08. The van der Waals surface area contributed by atoms with E-state index in [2.05, 4.69) is 0 Å². The molecule has 1 saturated heterocycles. The van der Waals surface area contributed by atoms with E-state index in [1.165, 1.54) is 5.92 Å². The van der Waals surface area contributed by atoms with Gasteiger partial charge in [0.1, 0.15) is 0 Å². The summed E-state index contributed by atoms with van der Waals surface area (Å²) in [5.74, 6) is 1.29. The van der Waals surface area contributed by atoms with Gasteiger partial charge in [-0.2, -0.15) is 0 Å². The minimum Gasteiger partial charge on any atom is -0.351 e. The van der Waals surface area contributed by atoms with Crippen molar-refractivity contribution in [3.8, 4) is 0 Å². The highest BCUT2D eigenvalue weighted by Gasteiger charge is 2.23. The average Bonchev–Trinajstić information content (AvgIpc) is 2.33. The maximum atomic E-state index is 11.0. The highest BCUT2D eigenvalue weighted by Crippen LogP contribution is 2.31. The predicted molar refractivity (Wildman–Crippen MR) is 69.2 cm³/mol. The second-order valence-corrected chi connectivity index (χ2v) is 4.87. The molecule has 91 valence electrons. The number of halogens is 2. The Labute approximate surface area is 110 Å². The Kier molecular flexibility index (Phi) is 3.79. The fourth-order valence-corrected chi connectivity index (χ4v) is 2.30. The summed E-state index contributed by atoms with van der Waals surface area (Å²) in [6, 6.07) is 5.29. The molecule has 2 rings (SSSR count). The van der Waals surface area contributed by atoms with Crippen molar-refractivity contribution in [2.45, 2.75) is 12.8 Å². The molecule has 2 amide bonds. The van der Waals surface area contributed by atoms with Gasteiger partial charge in [0.25, 0.3) is 0 Å². The third-order valence-corrected chi connectivity index (χ3v) is 3.75. The minimum absolute atomic E-state index is 0.349. The molecular weight excluding hydrogens is 259 g/mol. The van der Waals surface area contributed by atoms with E-state index in [1.54, 1.807) is 11.0 Å². The molecule has 1 aromatic carbocycles. The van der Waals surface area contributed by atoms with Gasteiger partial charge >= 0.3 is 6.03 Å². The van der Waals surface area contributed by atoms with Crippen molar-refractivity contribution in [2.75, 3.05) is 13.1 Å². The van der Waals surface area contributed by atoms with Crippen LogP contribution in [-0.2, 0) is 0 Å². The SMILES string of the molecule is NC(=O)N1CC[C](c2ccc(Cl)c(Cl)c2)CC1. The molecule has 0 spiro atoms. The number of nitrogens with two attached hydrogens (primary N) is 1. The first kappa shape index (κ1) is 12.5. The van der Waals surface area contributed by atoms with Crippen LogP contribution in [0.25, 0.3) is 0 Å². The van der Waals surface area contributed by atoms with Crippen LogP contribution in [0.5, 0.6) is 0 Å². The van der Waals surface area contributed by atoms with E-state index in [1.807, 2.05) is 12.1 Å². The number of urea groups is 1. The zero-order valence-corrected chi connectivity index (χ0v) is 10.8. The van der Waals surface area contributed by atoms with Crippen LogP contribution in [0.2, 0.25) is 10.0 Å². The van der Waals surface area contributed by atoms with E-state index in [0.717, 1.165) is 18.4 Å². The molecule has 1 aliphatic rings. The fourth-order valence-electron chi connectivity index (χ4n) is 2.00. The summed E-state index contributed by atoms with van der Waals surface area (Å²) < 4.78 is 0. The molecular formula is C12H13Cl2N2O. The van der Waals surface area contributed by atoms with Crippen LogP contribution in [0, 0.1) is 5.92 Å². The zero-order chi connectivity index (χ0) is 12.4. The van der Waals surface area contributed by atoms with Gasteiger partial charge < -0.3 is 10.6 Å². The van der Waals surface area contributed by atoms with Crippen LogP contribution in [-0.4, -0.2) is 24.0 Å². The topological polar surface area (TPSA) is 46.3 Å². The Morgan fingerprint density at radius 2 is 1.82 bits per heavy atom. The average molecular weight is 272 g/mol. The van der Waals surface area contributed by atoms with Crippen molar-refractivity contribution >= 4 is 29.2 Å². The molecule has 3 nitrogen and oxygen atoms in total. The van der Waals surface area contributed by atoms with Crippen molar-refractivity contribution in [1.82, 2.24) is 4.90 Å². The number of nitrogens with zero attached hydrogens (tertiary/aromatic N) is 1. The van der Waals surface area contributed by atoms with Gasteiger partial charge in [-0.05, 0) is 30.5 Å². The highest BCUT2D eigenvalue weighted by atomic mass is 35.5. The Bertz CT molecular complexity index is 429. The number of benzene rings is 1. The number of rotatable bonds is 1. The van der Waals surface area contributed by atoms with Gasteiger partial charge in [-0.15, -0.1) is 0 Å². The number of likely N-dealkylation sites (tertiary alicyclic amines) is 1. The van der Waals surface area contributed by atoms with E-state index >= 15 is 0 Å². The molecule has 0 unspecified atom stereocenters. The lowest BCUT2D eigenvalue weighted by atomic mass is 9.89. The van der Waals surface area contributed by atoms with Gasteiger partial charge in [0.05, 0.1) is 10.0 Å². The van der Waals surface area contributed by atoms with Gasteiger partial charge in [0.15, 0.2) is 0 Å². The van der Waals surface area contributed by atoms with Gasteiger partial charge in [-0.3, -0.25) is 0 Å². The molecule has 1 heterocycles. The monoisotopic (exact) mass is 271 g/mol. The van der Waals surface area contributed by atoms with Crippen LogP contribution in [0.1, 0.15) is 18.4 Å². The summed E-state index contributed by atoms with van der Waals surface area (Å²) in [6.07, 6.45) is 1.67. The lowest BCUT2D eigenvalue weighted by Gasteiger charge is -2.30. The molecule has 1 aliphatic heterocycles. The van der Waals surface area contributed by atoms with Gasteiger partial charge in [-0.1, -0.05) is 29.3 Å². The molecule has 1 radical (unpaired) electrons. The molecule has 5 heteroatoms. The summed E-state index contributed by atoms with van der Waals surface area (Å²) in [4.78, 5) is 12.7. The maximum Gasteiger partial charge on any atom is 0.314 e. The van der Waals surface area contributed by atoms with E-state index < -0.39 is 0 Å². The van der Waals surface area contributed by atoms with Crippen molar-refractivity contribution in [3.05, 3.63) is 39.7 Å². The quantitative estimate of drug-likeness (QED) is 0.839. The summed E-state index contributed by atoms with van der Waals surface area (Å²) in [5, 5.41) is 1.12. The Morgan fingerprint density at radius 3 is 2.35 bits per heavy atom. The first-order valence-electron chi connectivity index (χ1n) is 5.42. The fraction of sp³-hybridized carbons (Fsp3) is 0.333. The first-order valence-corrected chi connectivity index (χ1v) is 6.18. The number of amides is 2. The third-order valence-electron chi connectivity index (χ3n) is 3.01. The number of hydrogen-bond donors (Lipinski definition) is 1. The lowest BCUT2D eigenvalue weighted by molar-refractivity contribution is 0.200. The van der Waals surface area contributed by atoms with Crippen molar-refractivity contribution in [1.29, 1.82) is 0 Å². The van der Waals surface area contributed by atoms with E-state index in [9.17, 15) is 4.79 Å². The standard InChI is InChI=1S/C12H13Cl2N2O/c13-10-2-1-9(7-11(10)14)8-3-5-16(6-4-8)12(15)17/h1-2,7H,3-6H2,(H2,15,17). The highest BCUT2D eigenvalue weighted by molar-refractivity contribution is 6.42. The molecule has 0 aromatic heterocycles. The largest absolute Gasteiger partial charge is 0.351 e. The Balaban J connectivity index is 2.05. The normalized spacial score (nSPS) is 17.2. The van der Waals surface area contributed by atoms with Crippen LogP contribution < -0.4 is 5.73 Å². The molecule has 1 aromatic rings. The van der Waals surface area contributed by atoms with Gasteiger partial charge in [0, 0.05) is 19.0 Å². The molecule has 1 fully saturated rings. The molecule has 2 N–H and O–H groups in total. The summed E-state index contributed by atoms with van der Waals surface area (Å²) >= 11 is 11.9. The van der Waals surface area contributed by atoms with Crippen LogP contribution >= 0.6 is 23.2 Å². The summed E-state index contributed by atoms with van der Waals surface area (Å²) in [5.41, 5.74) is 6.33. The van der Waals surface area contributed by atoms with Crippen molar-refractivity contribution in [3.63, 3.8) is 0 Å². The second kappa shape index (κ2) is 5.15. The van der Waals surface area contributed by atoms with Gasteiger partial charge in [-0.25, -0.2) is 4.79 Å². The van der Waals surface area contributed by atoms with Crippen LogP contribution in [0.4, 0.5) is 4.79 Å². The minimum atomic E-state index is -0.349. The molecule has 17 heavy (non-hydrogen) atoms. The zero-order valence-electron chi connectivity index (χ0n) is 9.25. The number of primary amides is 1. The lowest BCUT2D eigenvalue weighted by Crippen LogP contribution is -2.41. The van der Waals surface area contributed by atoms with E-state index in [-0.39, 0.29) is 6.03 Å².